The number of hydrogen-bond acceptors (Lipinski definition) is 2. The van der Waals surface area contributed by atoms with Crippen LogP contribution in [0.5, 0.6) is 0 Å². The fourth-order valence-corrected chi connectivity index (χ4v) is 0.490. The third kappa shape index (κ3) is 2.67. The molecule has 0 aliphatic carbocycles. The summed E-state index contributed by atoms with van der Waals surface area (Å²) in [5.41, 5.74) is 3.21. The molecule has 0 bridgehead atoms. The quantitative estimate of drug-likeness (QED) is 0.548. The summed E-state index contributed by atoms with van der Waals surface area (Å²) in [5, 5.41) is 9.83. The van der Waals surface area contributed by atoms with Crippen molar-refractivity contribution in [2.24, 2.45) is 5.73 Å². The number of nitrogens with two attached hydrogens (primary N) is 1. The molecule has 0 atom stereocenters. The summed E-state index contributed by atoms with van der Waals surface area (Å²) < 4.78 is 24.1. The average Bonchev–Trinajstić information content (AvgIpc) is 2.00. The van der Waals surface area contributed by atoms with Gasteiger partial charge in [-0.15, -0.1) is 0 Å². The summed E-state index contributed by atoms with van der Waals surface area (Å²) in [6, 6.07) is 0. The molecule has 6 heteroatoms. The first-order chi connectivity index (χ1) is 5.10. The van der Waals surface area contributed by atoms with E-state index in [1.54, 1.807) is 5.32 Å². The molecule has 0 spiro atoms. The monoisotopic (exact) mass is 168 g/mol. The van der Waals surface area contributed by atoms with Crippen molar-refractivity contribution in [2.75, 3.05) is 19.9 Å². The van der Waals surface area contributed by atoms with Crippen LogP contribution in [0.15, 0.2) is 0 Å². The summed E-state index contributed by atoms with van der Waals surface area (Å²) in [5.74, 6) is 0. The molecule has 0 aliphatic rings. The molecule has 0 aromatic rings. The first-order valence-electron chi connectivity index (χ1n) is 2.93. The largest absolute Gasteiger partial charge is 0.465 e. The molecule has 0 heterocycles. The highest BCUT2D eigenvalue weighted by Gasteiger charge is 2.30. The lowest BCUT2D eigenvalue weighted by Gasteiger charge is -2.25. The van der Waals surface area contributed by atoms with Crippen LogP contribution < -0.4 is 11.1 Å². The number of alkyl halides is 2. The molecule has 0 saturated heterocycles. The van der Waals surface area contributed by atoms with E-state index in [-0.39, 0.29) is 0 Å². The maximum Gasteiger partial charge on any atom is 0.405 e. The zero-order chi connectivity index (χ0) is 8.91. The molecule has 4 nitrogen and oxygen atoms in total. The summed E-state index contributed by atoms with van der Waals surface area (Å²) in [6.45, 7) is -2.69. The summed E-state index contributed by atoms with van der Waals surface area (Å²) >= 11 is 0. The maximum absolute atomic E-state index is 12.0. The van der Waals surface area contributed by atoms with Gasteiger partial charge in [0.15, 0.2) is 0 Å². The Balaban J connectivity index is 4.16. The van der Waals surface area contributed by atoms with Gasteiger partial charge in [-0.05, 0) is 0 Å². The van der Waals surface area contributed by atoms with Gasteiger partial charge in [-0.2, -0.15) is 0 Å². The van der Waals surface area contributed by atoms with Crippen molar-refractivity contribution >= 4 is 6.09 Å². The van der Waals surface area contributed by atoms with Gasteiger partial charge in [-0.25, -0.2) is 13.6 Å². The van der Waals surface area contributed by atoms with Gasteiger partial charge in [0.1, 0.15) is 18.9 Å². The first-order valence-corrected chi connectivity index (χ1v) is 2.93. The number of nitrogens with one attached hydrogen (secondary N) is 1. The minimum atomic E-state index is -1.76. The van der Waals surface area contributed by atoms with E-state index in [1.165, 1.54) is 0 Å². The molecule has 0 saturated carbocycles. The van der Waals surface area contributed by atoms with E-state index < -0.39 is 31.5 Å². The smallest absolute Gasteiger partial charge is 0.405 e. The lowest BCUT2D eigenvalue weighted by molar-refractivity contribution is 0.154. The molecular formula is C5H10F2N2O2. The second kappa shape index (κ2) is 4.07. The predicted molar refractivity (Wildman–Crippen MR) is 34.9 cm³/mol. The van der Waals surface area contributed by atoms with Gasteiger partial charge in [-0.3, -0.25) is 0 Å². The predicted octanol–water partition coefficient (Wildman–Crippen LogP) is -0.110. The van der Waals surface area contributed by atoms with Gasteiger partial charge in [-0.1, -0.05) is 0 Å². The van der Waals surface area contributed by atoms with Gasteiger partial charge in [0.2, 0.25) is 0 Å². The highest BCUT2D eigenvalue weighted by atomic mass is 19.1. The van der Waals surface area contributed by atoms with Crippen LogP contribution in [-0.2, 0) is 0 Å². The third-order valence-electron chi connectivity index (χ3n) is 1.27. The zero-order valence-electron chi connectivity index (χ0n) is 5.81. The highest BCUT2D eigenvalue weighted by molar-refractivity contribution is 5.65. The molecule has 1 amide bonds. The molecule has 0 fully saturated rings. The summed E-state index contributed by atoms with van der Waals surface area (Å²) in [7, 11) is 0. The number of rotatable bonds is 4. The Kier molecular flexibility index (Phi) is 3.73. The van der Waals surface area contributed by atoms with E-state index in [9.17, 15) is 13.6 Å². The van der Waals surface area contributed by atoms with Crippen molar-refractivity contribution in [3.8, 4) is 0 Å². The Bertz CT molecular complexity index is 130. The van der Waals surface area contributed by atoms with Gasteiger partial charge >= 0.3 is 6.09 Å². The van der Waals surface area contributed by atoms with Crippen molar-refractivity contribution in [3.05, 3.63) is 0 Å². The number of carboxylic acid groups (broad SMARTS) is 1. The minimum Gasteiger partial charge on any atom is -0.465 e. The van der Waals surface area contributed by atoms with Crippen LogP contribution in [0.3, 0.4) is 0 Å². The molecular weight excluding hydrogens is 158 g/mol. The normalized spacial score (nSPS) is 11.2. The Morgan fingerprint density at radius 3 is 2.09 bits per heavy atom. The van der Waals surface area contributed by atoms with Crippen LogP contribution in [0.25, 0.3) is 0 Å². The summed E-state index contributed by atoms with van der Waals surface area (Å²) in [4.78, 5) is 9.99. The zero-order valence-corrected chi connectivity index (χ0v) is 5.81. The van der Waals surface area contributed by atoms with Crippen LogP contribution >= 0.6 is 0 Å². The SMILES string of the molecule is NCC(CF)(CF)NC(=O)O. The molecule has 0 aromatic carbocycles. The second-order valence-corrected chi connectivity index (χ2v) is 2.18. The van der Waals surface area contributed by atoms with Crippen molar-refractivity contribution < 1.29 is 18.7 Å². The molecule has 0 unspecified atom stereocenters. The maximum atomic E-state index is 12.0. The van der Waals surface area contributed by atoms with Crippen LogP contribution in [0.2, 0.25) is 0 Å². The Hall–Kier alpha value is -0.910. The topological polar surface area (TPSA) is 75.3 Å². The number of halogens is 2. The minimum absolute atomic E-state index is 0.397. The Labute approximate surface area is 62.4 Å². The Morgan fingerprint density at radius 2 is 2.00 bits per heavy atom. The fourth-order valence-electron chi connectivity index (χ4n) is 0.490. The number of amides is 1. The lowest BCUT2D eigenvalue weighted by atomic mass is 10.1. The highest BCUT2D eigenvalue weighted by Crippen LogP contribution is 2.04. The summed E-state index contributed by atoms with van der Waals surface area (Å²) in [6.07, 6.45) is -1.48. The van der Waals surface area contributed by atoms with Crippen LogP contribution in [-0.4, -0.2) is 36.6 Å². The van der Waals surface area contributed by atoms with Crippen molar-refractivity contribution in [1.29, 1.82) is 0 Å². The fraction of sp³-hybridized carbons (Fsp3) is 0.800. The number of carbonyl (C=O) groups is 1. The van der Waals surface area contributed by atoms with E-state index in [0.717, 1.165) is 0 Å². The molecule has 11 heavy (non-hydrogen) atoms. The van der Waals surface area contributed by atoms with Gasteiger partial charge < -0.3 is 16.2 Å². The lowest BCUT2D eigenvalue weighted by Crippen LogP contribution is -2.56. The third-order valence-corrected chi connectivity index (χ3v) is 1.27. The van der Waals surface area contributed by atoms with E-state index in [4.69, 9.17) is 10.8 Å². The van der Waals surface area contributed by atoms with Crippen LogP contribution in [0.4, 0.5) is 13.6 Å². The van der Waals surface area contributed by atoms with Gasteiger partial charge in [0.25, 0.3) is 0 Å². The first kappa shape index (κ1) is 10.1. The second-order valence-electron chi connectivity index (χ2n) is 2.18. The van der Waals surface area contributed by atoms with Gasteiger partial charge in [0, 0.05) is 6.54 Å². The molecule has 66 valence electrons. The van der Waals surface area contributed by atoms with Crippen molar-refractivity contribution in [2.45, 2.75) is 5.54 Å². The van der Waals surface area contributed by atoms with E-state index in [0.29, 0.717) is 0 Å². The van der Waals surface area contributed by atoms with Crippen molar-refractivity contribution in [3.63, 3.8) is 0 Å². The molecule has 0 radical (unpaired) electrons. The molecule has 4 N–H and O–H groups in total. The standard InChI is InChI=1S/C5H10F2N2O2/c6-1-5(2-7,3-8)9-4(10)11/h9H,1-3,8H2,(H,10,11). The molecule has 0 aliphatic heterocycles. The van der Waals surface area contributed by atoms with Crippen LogP contribution in [0.1, 0.15) is 0 Å². The van der Waals surface area contributed by atoms with E-state index in [2.05, 4.69) is 0 Å². The van der Waals surface area contributed by atoms with Gasteiger partial charge in [0.05, 0.1) is 0 Å². The van der Waals surface area contributed by atoms with E-state index in [1.807, 2.05) is 0 Å². The Morgan fingerprint density at radius 1 is 1.55 bits per heavy atom. The molecule has 0 aromatic heterocycles. The van der Waals surface area contributed by atoms with Crippen molar-refractivity contribution in [1.82, 2.24) is 5.32 Å². The number of hydrogen-bond donors (Lipinski definition) is 3. The van der Waals surface area contributed by atoms with Crippen LogP contribution in [0, 0.1) is 0 Å². The molecule has 0 rings (SSSR count). The average molecular weight is 168 g/mol. The van der Waals surface area contributed by atoms with E-state index >= 15 is 0 Å².